The number of hydrogen-bond donors (Lipinski definition) is 1. The van der Waals surface area contributed by atoms with E-state index in [1.54, 1.807) is 4.31 Å². The molecule has 1 aromatic heterocycles. The molecule has 6 nitrogen and oxygen atoms in total. The number of fused-ring (bicyclic) bond motifs is 1. The monoisotopic (exact) mass is 306 g/mol. The second-order valence-corrected chi connectivity index (χ2v) is 8.07. The van der Waals surface area contributed by atoms with E-state index >= 15 is 0 Å². The SMILES string of the molecule is CC1(C)C2CNCC2CN1S(=O)(=O)c1ccc(C#N)nc1. The zero-order valence-corrected chi connectivity index (χ0v) is 12.9. The summed E-state index contributed by atoms with van der Waals surface area (Å²) in [4.78, 5) is 4.03. The van der Waals surface area contributed by atoms with Crippen LogP contribution in [0.4, 0.5) is 0 Å². The Hall–Kier alpha value is -1.49. The summed E-state index contributed by atoms with van der Waals surface area (Å²) in [5, 5.41) is 12.1. The van der Waals surface area contributed by atoms with Crippen LogP contribution in [0.1, 0.15) is 19.5 Å². The van der Waals surface area contributed by atoms with Gasteiger partial charge in [-0.25, -0.2) is 13.4 Å². The molecule has 0 bridgehead atoms. The van der Waals surface area contributed by atoms with E-state index < -0.39 is 15.6 Å². The van der Waals surface area contributed by atoms with Crippen molar-refractivity contribution in [3.8, 4) is 6.07 Å². The first-order valence-electron chi connectivity index (χ1n) is 6.97. The van der Waals surface area contributed by atoms with E-state index in [0.717, 1.165) is 13.1 Å². The molecule has 1 N–H and O–H groups in total. The predicted molar refractivity (Wildman–Crippen MR) is 76.8 cm³/mol. The molecule has 0 spiro atoms. The third kappa shape index (κ3) is 2.14. The lowest BCUT2D eigenvalue weighted by molar-refractivity contribution is 0.233. The van der Waals surface area contributed by atoms with Gasteiger partial charge in [0.2, 0.25) is 10.0 Å². The standard InChI is InChI=1S/C14H18N4O2S/c1-14(2)13-8-16-6-10(13)9-18(14)21(19,20)12-4-3-11(5-15)17-7-12/h3-4,7,10,13,16H,6,8-9H2,1-2H3. The van der Waals surface area contributed by atoms with E-state index in [2.05, 4.69) is 10.3 Å². The van der Waals surface area contributed by atoms with Crippen molar-refractivity contribution in [1.29, 1.82) is 5.26 Å². The molecule has 0 saturated carbocycles. The number of pyridine rings is 1. The summed E-state index contributed by atoms with van der Waals surface area (Å²) in [6.07, 6.45) is 1.27. The topological polar surface area (TPSA) is 86.1 Å². The van der Waals surface area contributed by atoms with Crippen LogP contribution in [0, 0.1) is 23.2 Å². The number of rotatable bonds is 2. The molecule has 2 aliphatic heterocycles. The molecule has 21 heavy (non-hydrogen) atoms. The van der Waals surface area contributed by atoms with E-state index in [1.165, 1.54) is 18.3 Å². The molecule has 2 aliphatic rings. The summed E-state index contributed by atoms with van der Waals surface area (Å²) in [6.45, 7) is 6.23. The Morgan fingerprint density at radius 3 is 2.76 bits per heavy atom. The highest BCUT2D eigenvalue weighted by molar-refractivity contribution is 7.89. The highest BCUT2D eigenvalue weighted by atomic mass is 32.2. The van der Waals surface area contributed by atoms with Gasteiger partial charge in [0.05, 0.1) is 0 Å². The van der Waals surface area contributed by atoms with Crippen LogP contribution in [0.5, 0.6) is 0 Å². The Bertz CT molecular complexity index is 691. The molecule has 2 unspecified atom stereocenters. The largest absolute Gasteiger partial charge is 0.316 e. The van der Waals surface area contributed by atoms with E-state index in [1.807, 2.05) is 19.9 Å². The molecule has 2 fully saturated rings. The van der Waals surface area contributed by atoms with Gasteiger partial charge >= 0.3 is 0 Å². The highest BCUT2D eigenvalue weighted by Crippen LogP contribution is 2.43. The van der Waals surface area contributed by atoms with Crippen LogP contribution >= 0.6 is 0 Å². The minimum Gasteiger partial charge on any atom is -0.316 e. The van der Waals surface area contributed by atoms with Crippen LogP contribution in [-0.4, -0.2) is 42.9 Å². The second kappa shape index (κ2) is 4.77. The minimum atomic E-state index is -3.58. The lowest BCUT2D eigenvalue weighted by atomic mass is 9.85. The van der Waals surface area contributed by atoms with Crippen molar-refractivity contribution in [1.82, 2.24) is 14.6 Å². The molecular weight excluding hydrogens is 288 g/mol. The van der Waals surface area contributed by atoms with Crippen molar-refractivity contribution in [2.75, 3.05) is 19.6 Å². The third-order valence-electron chi connectivity index (χ3n) is 4.73. The summed E-state index contributed by atoms with van der Waals surface area (Å²) in [7, 11) is -3.58. The average molecular weight is 306 g/mol. The van der Waals surface area contributed by atoms with Crippen LogP contribution in [0.3, 0.4) is 0 Å². The molecule has 0 aromatic carbocycles. The number of nitrogens with zero attached hydrogens (tertiary/aromatic N) is 3. The maximum atomic E-state index is 12.9. The number of sulfonamides is 1. The maximum Gasteiger partial charge on any atom is 0.245 e. The Labute approximate surface area is 124 Å². The lowest BCUT2D eigenvalue weighted by Gasteiger charge is -2.34. The molecular formula is C14H18N4O2S. The van der Waals surface area contributed by atoms with E-state index in [-0.39, 0.29) is 10.6 Å². The first kappa shape index (κ1) is 14.4. The predicted octanol–water partition coefficient (Wildman–Crippen LogP) is 0.572. The van der Waals surface area contributed by atoms with Crippen molar-refractivity contribution in [2.45, 2.75) is 24.3 Å². The van der Waals surface area contributed by atoms with Gasteiger partial charge in [0.1, 0.15) is 16.7 Å². The Morgan fingerprint density at radius 2 is 2.19 bits per heavy atom. The van der Waals surface area contributed by atoms with Crippen LogP contribution in [-0.2, 0) is 10.0 Å². The van der Waals surface area contributed by atoms with E-state index in [9.17, 15) is 8.42 Å². The summed E-state index contributed by atoms with van der Waals surface area (Å²) in [5.74, 6) is 0.694. The van der Waals surface area contributed by atoms with Crippen LogP contribution in [0.25, 0.3) is 0 Å². The van der Waals surface area contributed by atoms with E-state index in [0.29, 0.717) is 18.4 Å². The zero-order valence-electron chi connectivity index (χ0n) is 12.1. The summed E-state index contributed by atoms with van der Waals surface area (Å²) in [5.41, 5.74) is -0.198. The van der Waals surface area contributed by atoms with E-state index in [4.69, 9.17) is 5.26 Å². The van der Waals surface area contributed by atoms with Crippen LogP contribution in [0.15, 0.2) is 23.2 Å². The summed E-state index contributed by atoms with van der Waals surface area (Å²) < 4.78 is 27.3. The maximum absolute atomic E-state index is 12.9. The van der Waals surface area contributed by atoms with Crippen molar-refractivity contribution in [3.05, 3.63) is 24.0 Å². The second-order valence-electron chi connectivity index (χ2n) is 6.21. The number of aromatic nitrogens is 1. The molecule has 3 rings (SSSR count). The van der Waals surface area contributed by atoms with Gasteiger partial charge < -0.3 is 5.32 Å². The van der Waals surface area contributed by atoms with Gasteiger partial charge in [0, 0.05) is 24.8 Å². The fourth-order valence-electron chi connectivity index (χ4n) is 3.52. The Morgan fingerprint density at radius 1 is 1.43 bits per heavy atom. The van der Waals surface area contributed by atoms with Crippen LogP contribution < -0.4 is 5.32 Å². The molecule has 1 aromatic rings. The first-order valence-corrected chi connectivity index (χ1v) is 8.41. The van der Waals surface area contributed by atoms with Crippen molar-refractivity contribution < 1.29 is 8.42 Å². The lowest BCUT2D eigenvalue weighted by Crippen LogP contribution is -2.47. The molecule has 0 aliphatic carbocycles. The van der Waals surface area contributed by atoms with Gasteiger partial charge in [0.15, 0.2) is 0 Å². The van der Waals surface area contributed by atoms with Gasteiger partial charge in [-0.2, -0.15) is 9.57 Å². The Balaban J connectivity index is 1.97. The van der Waals surface area contributed by atoms with Gasteiger partial charge in [-0.05, 0) is 44.4 Å². The average Bonchev–Trinajstić information content (AvgIpc) is 3.01. The molecule has 2 saturated heterocycles. The summed E-state index contributed by atoms with van der Waals surface area (Å²) >= 11 is 0. The van der Waals surface area contributed by atoms with Crippen LogP contribution in [0.2, 0.25) is 0 Å². The fourth-order valence-corrected chi connectivity index (χ4v) is 5.34. The minimum absolute atomic E-state index is 0.155. The number of nitriles is 1. The molecule has 0 amide bonds. The normalized spacial score (nSPS) is 28.2. The molecule has 0 radical (unpaired) electrons. The van der Waals surface area contributed by atoms with Gasteiger partial charge in [-0.15, -0.1) is 0 Å². The molecule has 7 heteroatoms. The molecule has 112 valence electrons. The smallest absolute Gasteiger partial charge is 0.245 e. The highest BCUT2D eigenvalue weighted by Gasteiger charge is 2.54. The van der Waals surface area contributed by atoms with Gasteiger partial charge in [0.25, 0.3) is 0 Å². The summed E-state index contributed by atoms with van der Waals surface area (Å²) in [6, 6.07) is 4.80. The molecule has 3 heterocycles. The fraction of sp³-hybridized carbons (Fsp3) is 0.571. The number of nitrogens with one attached hydrogen (secondary N) is 1. The number of hydrogen-bond acceptors (Lipinski definition) is 5. The van der Waals surface area contributed by atoms with Crippen molar-refractivity contribution >= 4 is 10.0 Å². The third-order valence-corrected chi connectivity index (χ3v) is 6.77. The van der Waals surface area contributed by atoms with Gasteiger partial charge in [-0.3, -0.25) is 0 Å². The Kier molecular flexibility index (Phi) is 3.28. The quantitative estimate of drug-likeness (QED) is 0.863. The van der Waals surface area contributed by atoms with Crippen molar-refractivity contribution in [2.24, 2.45) is 11.8 Å². The molecule has 2 atom stereocenters. The zero-order chi connectivity index (χ0) is 15.3. The van der Waals surface area contributed by atoms with Crippen molar-refractivity contribution in [3.63, 3.8) is 0 Å². The first-order chi connectivity index (χ1) is 9.87. The van der Waals surface area contributed by atoms with Gasteiger partial charge in [-0.1, -0.05) is 0 Å².